The number of aryl methyl sites for hydroxylation is 6. The normalized spacial score (nSPS) is 12.8. The van der Waals surface area contributed by atoms with E-state index in [2.05, 4.69) is 95.3 Å². The molecule has 5 heteroatoms. The van der Waals surface area contributed by atoms with Crippen LogP contribution in [0.25, 0.3) is 45.4 Å². The highest BCUT2D eigenvalue weighted by Crippen LogP contribution is 2.41. The van der Waals surface area contributed by atoms with Crippen LogP contribution in [0.3, 0.4) is 0 Å². The first-order valence-corrected chi connectivity index (χ1v) is 15.7. The van der Waals surface area contributed by atoms with Crippen molar-refractivity contribution in [1.29, 1.82) is 0 Å². The van der Waals surface area contributed by atoms with Crippen molar-refractivity contribution in [3.05, 3.63) is 68.8 Å². The molecule has 3 aromatic rings. The van der Waals surface area contributed by atoms with Gasteiger partial charge in [0.2, 0.25) is 0 Å². The third kappa shape index (κ3) is 5.17. The number of rotatable bonds is 8. The maximum absolute atomic E-state index is 5.61. The fourth-order valence-corrected chi connectivity index (χ4v) is 7.06. The van der Waals surface area contributed by atoms with Crippen molar-refractivity contribution >= 4 is 62.7 Å². The van der Waals surface area contributed by atoms with Crippen LogP contribution in [0.15, 0.2) is 18.2 Å². The monoisotopic (exact) mass is 561 g/mol. The number of allylic oxidation sites excluding steroid dienone is 2. The zero-order valence-electron chi connectivity index (χ0n) is 26.5. The first kappa shape index (κ1) is 31.1. The van der Waals surface area contributed by atoms with Gasteiger partial charge in [-0.1, -0.05) is 48.5 Å². The Kier molecular flexibility index (Phi) is 9.83. The lowest BCUT2D eigenvalue weighted by atomic mass is 9.93. The molecule has 0 fully saturated rings. The van der Waals surface area contributed by atoms with Gasteiger partial charge in [0.1, 0.15) is 0 Å². The van der Waals surface area contributed by atoms with Crippen LogP contribution >= 0.6 is 0 Å². The van der Waals surface area contributed by atoms with Crippen LogP contribution in [0, 0.1) is 0 Å². The molecule has 0 atom stereocenters. The molecule has 5 rings (SSSR count). The van der Waals surface area contributed by atoms with Gasteiger partial charge in [0, 0.05) is 51.6 Å². The van der Waals surface area contributed by atoms with Crippen molar-refractivity contribution in [2.45, 2.75) is 107 Å². The number of hydrogen-bond donors (Lipinski definition) is 1. The third-order valence-electron chi connectivity index (χ3n) is 8.85. The summed E-state index contributed by atoms with van der Waals surface area (Å²) in [6.07, 6.45) is 11.2. The van der Waals surface area contributed by atoms with Crippen LogP contribution in [-0.2, 0) is 38.6 Å². The first-order valence-electron chi connectivity index (χ1n) is 15.7. The first-order chi connectivity index (χ1) is 19.5. The molecule has 8 bridgehead atoms. The van der Waals surface area contributed by atoms with E-state index in [9.17, 15) is 0 Å². The van der Waals surface area contributed by atoms with Crippen molar-refractivity contribution in [1.82, 2.24) is 19.5 Å². The molecule has 2 aliphatic heterocycles. The highest BCUT2D eigenvalue weighted by Gasteiger charge is 2.26. The van der Waals surface area contributed by atoms with Gasteiger partial charge in [-0.15, -0.1) is 0 Å². The Hall–Kier alpha value is -2.87. The Labute approximate surface area is 257 Å². The second-order valence-corrected chi connectivity index (χ2v) is 10.8. The molecule has 5 heterocycles. The van der Waals surface area contributed by atoms with Crippen molar-refractivity contribution in [3.8, 4) is 0 Å². The molecule has 2 aliphatic rings. The molecule has 4 nitrogen and oxygen atoms in total. The van der Waals surface area contributed by atoms with E-state index in [1.165, 1.54) is 66.9 Å². The second-order valence-electron chi connectivity index (χ2n) is 10.8. The Morgan fingerprint density at radius 1 is 0.610 bits per heavy atom. The Morgan fingerprint density at radius 3 is 1.73 bits per heavy atom. The van der Waals surface area contributed by atoms with Crippen LogP contribution < -0.4 is 0 Å². The number of H-pyrrole nitrogens is 1. The SMILES string of the molecule is CCC1=C(CC)c2nc1c(CC)c1[nH]c(cc3nc(cc4c(CC)c(CC)c(c2CC)n4CC)C=C3)cc1CC.[Al]. The molecule has 0 unspecified atom stereocenters. The maximum Gasteiger partial charge on any atom is 0.0725 e. The van der Waals surface area contributed by atoms with E-state index in [0.29, 0.717) is 0 Å². The lowest BCUT2D eigenvalue weighted by Crippen LogP contribution is -2.00. The standard InChI is InChI=1S/C36H46N4.Al/c1-9-22-19-25-20-23-17-18-24(37-23)21-32-26(10-2)29(13-5)36(40(32)16-8)31(15-7)35-28(12-4)27(11-3)34(39-35)30(14-6)33(22)38-25;/h17-21,38H,9-16H2,1-8H3;. The lowest BCUT2D eigenvalue weighted by molar-refractivity contribution is 0.815. The van der Waals surface area contributed by atoms with Crippen molar-refractivity contribution in [3.63, 3.8) is 0 Å². The van der Waals surface area contributed by atoms with E-state index in [1.54, 1.807) is 0 Å². The summed E-state index contributed by atoms with van der Waals surface area (Å²) < 4.78 is 2.55. The van der Waals surface area contributed by atoms with Gasteiger partial charge in [-0.05, 0) is 110 Å². The van der Waals surface area contributed by atoms with Crippen molar-refractivity contribution in [2.75, 3.05) is 0 Å². The van der Waals surface area contributed by atoms with Gasteiger partial charge in [0.15, 0.2) is 0 Å². The number of hydrogen-bond acceptors (Lipinski definition) is 2. The second kappa shape index (κ2) is 13.0. The molecule has 0 spiro atoms. The smallest absolute Gasteiger partial charge is 0.0725 e. The van der Waals surface area contributed by atoms with Crippen LogP contribution in [0.4, 0.5) is 0 Å². The molecular weight excluding hydrogens is 515 g/mol. The van der Waals surface area contributed by atoms with Gasteiger partial charge in [-0.3, -0.25) is 0 Å². The largest absolute Gasteiger partial charge is 0.355 e. The van der Waals surface area contributed by atoms with E-state index >= 15 is 0 Å². The van der Waals surface area contributed by atoms with Crippen LogP contribution in [0.2, 0.25) is 0 Å². The number of nitrogens with one attached hydrogen (secondary N) is 1. The van der Waals surface area contributed by atoms with E-state index in [4.69, 9.17) is 9.97 Å². The zero-order valence-corrected chi connectivity index (χ0v) is 27.6. The molecule has 0 aliphatic carbocycles. The minimum absolute atomic E-state index is 0. The number of aromatic nitrogens is 4. The summed E-state index contributed by atoms with van der Waals surface area (Å²) >= 11 is 0. The van der Waals surface area contributed by atoms with Gasteiger partial charge in [-0.25, -0.2) is 9.97 Å². The van der Waals surface area contributed by atoms with Crippen molar-refractivity contribution in [2.24, 2.45) is 0 Å². The summed E-state index contributed by atoms with van der Waals surface area (Å²) in [6.45, 7) is 19.2. The Balaban J connectivity index is 0.00000387. The predicted molar refractivity (Wildman–Crippen MR) is 179 cm³/mol. The van der Waals surface area contributed by atoms with Gasteiger partial charge in [-0.2, -0.15) is 0 Å². The zero-order chi connectivity index (χ0) is 28.6. The van der Waals surface area contributed by atoms with Gasteiger partial charge < -0.3 is 9.55 Å². The molecule has 0 saturated carbocycles. The highest BCUT2D eigenvalue weighted by molar-refractivity contribution is 5.96. The third-order valence-corrected chi connectivity index (χ3v) is 8.85. The Bertz CT molecular complexity index is 1680. The molecule has 0 saturated heterocycles. The van der Waals surface area contributed by atoms with Crippen molar-refractivity contribution < 1.29 is 0 Å². The fourth-order valence-electron chi connectivity index (χ4n) is 7.06. The lowest BCUT2D eigenvalue weighted by Gasteiger charge is -2.11. The quantitative estimate of drug-likeness (QED) is 0.218. The summed E-state index contributed by atoms with van der Waals surface area (Å²) in [7, 11) is 0. The molecule has 3 aromatic heterocycles. The summed E-state index contributed by atoms with van der Waals surface area (Å²) in [6, 6.07) is 6.80. The van der Waals surface area contributed by atoms with E-state index < -0.39 is 0 Å². The average Bonchev–Trinajstić information content (AvgIpc) is 3.73. The highest BCUT2D eigenvalue weighted by atomic mass is 27.0. The fraction of sp³-hybridized carbons (Fsp3) is 0.444. The minimum atomic E-state index is 0. The van der Waals surface area contributed by atoms with Crippen LogP contribution in [0.5, 0.6) is 0 Å². The molecule has 0 amide bonds. The molecular formula is C36H46AlN4. The summed E-state index contributed by atoms with van der Waals surface area (Å²) in [4.78, 5) is 14.4. The number of nitrogens with zero attached hydrogens (tertiary/aromatic N) is 3. The number of fused-ring (bicyclic) bond motifs is 8. The number of aromatic amines is 1. The van der Waals surface area contributed by atoms with Gasteiger partial charge >= 0.3 is 0 Å². The molecule has 0 aromatic carbocycles. The summed E-state index contributed by atoms with van der Waals surface area (Å²) in [5.74, 6) is 0. The maximum atomic E-state index is 5.61. The average molecular weight is 562 g/mol. The summed E-state index contributed by atoms with van der Waals surface area (Å²) in [5.41, 5.74) is 19.3. The van der Waals surface area contributed by atoms with E-state index in [0.717, 1.165) is 68.4 Å². The predicted octanol–water partition coefficient (Wildman–Crippen LogP) is 9.14. The molecule has 41 heavy (non-hydrogen) atoms. The van der Waals surface area contributed by atoms with Gasteiger partial charge in [0.05, 0.1) is 28.3 Å². The van der Waals surface area contributed by atoms with Crippen LogP contribution in [0.1, 0.15) is 119 Å². The van der Waals surface area contributed by atoms with E-state index in [1.807, 2.05) is 0 Å². The van der Waals surface area contributed by atoms with Gasteiger partial charge in [0.25, 0.3) is 0 Å². The minimum Gasteiger partial charge on any atom is -0.355 e. The molecule has 213 valence electrons. The molecule has 1 N–H and O–H groups in total. The van der Waals surface area contributed by atoms with E-state index in [-0.39, 0.29) is 17.4 Å². The Morgan fingerprint density at radius 2 is 1.20 bits per heavy atom. The molecule has 3 radical (unpaired) electrons. The van der Waals surface area contributed by atoms with Crippen LogP contribution in [-0.4, -0.2) is 36.9 Å². The summed E-state index contributed by atoms with van der Waals surface area (Å²) in [5, 5.41) is 0. The topological polar surface area (TPSA) is 46.5 Å².